The van der Waals surface area contributed by atoms with Gasteiger partial charge in [0.1, 0.15) is 12.3 Å². The van der Waals surface area contributed by atoms with Crippen LogP contribution in [0.2, 0.25) is 0 Å². The fourth-order valence-electron chi connectivity index (χ4n) is 1.23. The summed E-state index contributed by atoms with van der Waals surface area (Å²) in [5.74, 6) is 0. The van der Waals surface area contributed by atoms with E-state index in [4.69, 9.17) is 4.74 Å². The number of hydrogen-bond donors (Lipinski definition) is 1. The minimum absolute atomic E-state index is 0.205. The van der Waals surface area contributed by atoms with Gasteiger partial charge in [-0.2, -0.15) is 0 Å². The van der Waals surface area contributed by atoms with Crippen molar-refractivity contribution in [3.8, 4) is 0 Å². The Morgan fingerprint density at radius 1 is 1.31 bits per heavy atom. The zero-order chi connectivity index (χ0) is 12.0. The third-order valence-corrected chi connectivity index (χ3v) is 1.91. The van der Waals surface area contributed by atoms with Crippen molar-refractivity contribution in [3.05, 3.63) is 35.9 Å². The molecule has 0 aliphatic rings. The third-order valence-electron chi connectivity index (χ3n) is 1.91. The molecule has 0 saturated heterocycles. The first kappa shape index (κ1) is 12.2. The van der Waals surface area contributed by atoms with E-state index in [2.05, 4.69) is 5.32 Å². The molecular formula is C12H15NO3. The highest BCUT2D eigenvalue weighted by Gasteiger charge is 2.14. The van der Waals surface area contributed by atoms with Crippen LogP contribution in [0.25, 0.3) is 0 Å². The van der Waals surface area contributed by atoms with Crippen LogP contribution in [0, 0.1) is 0 Å². The van der Waals surface area contributed by atoms with Gasteiger partial charge in [-0.05, 0) is 19.4 Å². The Hall–Kier alpha value is -1.84. The number of rotatable bonds is 4. The van der Waals surface area contributed by atoms with Crippen molar-refractivity contribution in [1.82, 2.24) is 5.32 Å². The second-order valence-corrected chi connectivity index (χ2v) is 3.62. The number of alkyl carbamates (subject to hydrolysis) is 1. The molecule has 1 aromatic rings. The molecule has 0 aromatic heterocycles. The van der Waals surface area contributed by atoms with Crippen molar-refractivity contribution in [2.45, 2.75) is 26.0 Å². The van der Waals surface area contributed by atoms with Crippen LogP contribution < -0.4 is 5.32 Å². The molecule has 1 amide bonds. The second-order valence-electron chi connectivity index (χ2n) is 3.62. The number of amides is 1. The first-order valence-electron chi connectivity index (χ1n) is 5.11. The van der Waals surface area contributed by atoms with Crippen molar-refractivity contribution in [1.29, 1.82) is 0 Å². The molecule has 0 saturated carbocycles. The molecule has 1 aromatic carbocycles. The van der Waals surface area contributed by atoms with E-state index in [0.717, 1.165) is 5.56 Å². The molecule has 1 unspecified atom stereocenters. The van der Waals surface area contributed by atoms with Crippen LogP contribution in [-0.4, -0.2) is 18.5 Å². The molecule has 0 aliphatic heterocycles. The average Bonchev–Trinajstić information content (AvgIpc) is 2.26. The molecule has 4 heteroatoms. The van der Waals surface area contributed by atoms with E-state index < -0.39 is 12.1 Å². The van der Waals surface area contributed by atoms with Crippen molar-refractivity contribution in [3.63, 3.8) is 0 Å². The second kappa shape index (κ2) is 5.90. The maximum absolute atomic E-state index is 11.3. The maximum atomic E-state index is 11.3. The van der Waals surface area contributed by atoms with E-state index in [-0.39, 0.29) is 6.10 Å². The Morgan fingerprint density at radius 2 is 1.94 bits per heavy atom. The average molecular weight is 221 g/mol. The van der Waals surface area contributed by atoms with Gasteiger partial charge in [0.25, 0.3) is 0 Å². The number of hydrogen-bond acceptors (Lipinski definition) is 3. The van der Waals surface area contributed by atoms with Gasteiger partial charge >= 0.3 is 6.09 Å². The molecule has 16 heavy (non-hydrogen) atoms. The lowest BCUT2D eigenvalue weighted by Gasteiger charge is -2.14. The number of carbonyl (C=O) groups excluding carboxylic acids is 2. The summed E-state index contributed by atoms with van der Waals surface area (Å²) in [6.07, 6.45) is -0.115. The Labute approximate surface area is 94.6 Å². The Balaban J connectivity index is 2.63. The fourth-order valence-corrected chi connectivity index (χ4v) is 1.23. The zero-order valence-corrected chi connectivity index (χ0v) is 9.34. The van der Waals surface area contributed by atoms with E-state index >= 15 is 0 Å². The standard InChI is InChI=1S/C12H15NO3/c1-9(2)16-12(15)13-11(8-14)10-6-4-3-5-7-10/h3-9,11H,1-2H3,(H,13,15). The van der Waals surface area contributed by atoms with Crippen LogP contribution in [-0.2, 0) is 9.53 Å². The molecule has 86 valence electrons. The van der Waals surface area contributed by atoms with Crippen molar-refractivity contribution in [2.75, 3.05) is 0 Å². The van der Waals surface area contributed by atoms with E-state index in [1.165, 1.54) is 0 Å². The molecule has 0 radical (unpaired) electrons. The molecule has 4 nitrogen and oxygen atoms in total. The maximum Gasteiger partial charge on any atom is 0.408 e. The van der Waals surface area contributed by atoms with Gasteiger partial charge in [-0.25, -0.2) is 4.79 Å². The lowest BCUT2D eigenvalue weighted by atomic mass is 10.1. The predicted molar refractivity (Wildman–Crippen MR) is 60.0 cm³/mol. The summed E-state index contributed by atoms with van der Waals surface area (Å²) < 4.78 is 4.90. The van der Waals surface area contributed by atoms with Crippen LogP contribution in [0.15, 0.2) is 30.3 Å². The molecule has 0 heterocycles. The van der Waals surface area contributed by atoms with Crippen LogP contribution in [0.4, 0.5) is 4.79 Å². The summed E-state index contributed by atoms with van der Waals surface area (Å²) in [5.41, 5.74) is 0.734. The summed E-state index contributed by atoms with van der Waals surface area (Å²) in [6.45, 7) is 3.50. The normalized spacial score (nSPS) is 11.9. The van der Waals surface area contributed by atoms with Gasteiger partial charge in [0.15, 0.2) is 0 Å². The summed E-state index contributed by atoms with van der Waals surface area (Å²) in [5, 5.41) is 2.49. The highest BCUT2D eigenvalue weighted by Crippen LogP contribution is 2.09. The SMILES string of the molecule is CC(C)OC(=O)NC(C=O)c1ccccc1. The lowest BCUT2D eigenvalue weighted by Crippen LogP contribution is -2.31. The number of carbonyl (C=O) groups is 2. The molecule has 0 aliphatic carbocycles. The molecule has 1 N–H and O–H groups in total. The number of aldehydes is 1. The van der Waals surface area contributed by atoms with Gasteiger partial charge in [-0.15, -0.1) is 0 Å². The van der Waals surface area contributed by atoms with Gasteiger partial charge in [0.2, 0.25) is 0 Å². The van der Waals surface area contributed by atoms with Crippen LogP contribution in [0.3, 0.4) is 0 Å². The van der Waals surface area contributed by atoms with Crippen LogP contribution in [0.1, 0.15) is 25.5 Å². The highest BCUT2D eigenvalue weighted by atomic mass is 16.6. The van der Waals surface area contributed by atoms with E-state index in [9.17, 15) is 9.59 Å². The van der Waals surface area contributed by atoms with Gasteiger partial charge in [-0.1, -0.05) is 30.3 Å². The van der Waals surface area contributed by atoms with E-state index in [1.807, 2.05) is 6.07 Å². The minimum Gasteiger partial charge on any atom is -0.447 e. The molecule has 0 spiro atoms. The summed E-state index contributed by atoms with van der Waals surface area (Å²) in [7, 11) is 0. The van der Waals surface area contributed by atoms with Crippen molar-refractivity contribution >= 4 is 12.4 Å². The molecular weight excluding hydrogens is 206 g/mol. The zero-order valence-electron chi connectivity index (χ0n) is 9.34. The van der Waals surface area contributed by atoms with Gasteiger partial charge in [0.05, 0.1) is 6.10 Å². The van der Waals surface area contributed by atoms with Gasteiger partial charge in [-0.3, -0.25) is 0 Å². The van der Waals surface area contributed by atoms with Gasteiger partial charge in [0, 0.05) is 0 Å². The molecule has 1 atom stereocenters. The first-order valence-corrected chi connectivity index (χ1v) is 5.11. The Kier molecular flexibility index (Phi) is 4.51. The molecule has 0 fully saturated rings. The summed E-state index contributed by atoms with van der Waals surface area (Å²) in [4.78, 5) is 22.2. The van der Waals surface area contributed by atoms with Gasteiger partial charge < -0.3 is 14.8 Å². The smallest absolute Gasteiger partial charge is 0.408 e. The topological polar surface area (TPSA) is 55.4 Å². The molecule has 0 bridgehead atoms. The van der Waals surface area contributed by atoms with Crippen molar-refractivity contribution in [2.24, 2.45) is 0 Å². The first-order chi connectivity index (χ1) is 7.63. The minimum atomic E-state index is -0.660. The monoisotopic (exact) mass is 221 g/mol. The van der Waals surface area contributed by atoms with E-state index in [0.29, 0.717) is 6.29 Å². The van der Waals surface area contributed by atoms with Crippen molar-refractivity contribution < 1.29 is 14.3 Å². The number of nitrogens with one attached hydrogen (secondary N) is 1. The number of benzene rings is 1. The Morgan fingerprint density at radius 3 is 2.44 bits per heavy atom. The predicted octanol–water partition coefficient (Wildman–Crippen LogP) is 2.06. The largest absolute Gasteiger partial charge is 0.447 e. The van der Waals surface area contributed by atoms with E-state index in [1.54, 1.807) is 38.1 Å². The quantitative estimate of drug-likeness (QED) is 0.792. The summed E-state index contributed by atoms with van der Waals surface area (Å²) in [6, 6.07) is 8.34. The highest BCUT2D eigenvalue weighted by molar-refractivity contribution is 5.74. The Bertz CT molecular complexity index is 349. The third kappa shape index (κ3) is 3.73. The lowest BCUT2D eigenvalue weighted by molar-refractivity contribution is -0.109. The molecule has 1 rings (SSSR count). The van der Waals surface area contributed by atoms with Crippen LogP contribution >= 0.6 is 0 Å². The fraction of sp³-hybridized carbons (Fsp3) is 0.333. The van der Waals surface area contributed by atoms with Crippen LogP contribution in [0.5, 0.6) is 0 Å². The summed E-state index contributed by atoms with van der Waals surface area (Å²) >= 11 is 0. The number of ether oxygens (including phenoxy) is 1.